The van der Waals surface area contributed by atoms with Crippen molar-refractivity contribution in [2.24, 2.45) is 0 Å². The van der Waals surface area contributed by atoms with Crippen molar-refractivity contribution in [3.05, 3.63) is 15.8 Å². The molecule has 0 spiro atoms. The molecule has 0 bridgehead atoms. The molecule has 0 aliphatic carbocycles. The standard InChI is InChI=1S/C13H23N5O3/c1-4-7-14-13-16-10(3)11(18(20)21)12(17-13)15-9(2)6-5-8-19/h9,19H,4-8H2,1-3H3,(H2,14,15,16,17). The minimum absolute atomic E-state index is 0.0239. The normalized spacial score (nSPS) is 12.0. The van der Waals surface area contributed by atoms with E-state index in [0.717, 1.165) is 6.42 Å². The maximum absolute atomic E-state index is 11.2. The van der Waals surface area contributed by atoms with Gasteiger partial charge in [0.05, 0.1) is 4.92 Å². The lowest BCUT2D eigenvalue weighted by atomic mass is 10.2. The van der Waals surface area contributed by atoms with Gasteiger partial charge in [-0.3, -0.25) is 10.1 Å². The lowest BCUT2D eigenvalue weighted by Crippen LogP contribution is -2.19. The summed E-state index contributed by atoms with van der Waals surface area (Å²) < 4.78 is 0. The summed E-state index contributed by atoms with van der Waals surface area (Å²) in [5.41, 5.74) is 0.221. The first-order valence-corrected chi connectivity index (χ1v) is 7.13. The summed E-state index contributed by atoms with van der Waals surface area (Å²) in [5.74, 6) is 0.605. The van der Waals surface area contributed by atoms with Crippen LogP contribution in [-0.2, 0) is 0 Å². The topological polar surface area (TPSA) is 113 Å². The number of hydrogen-bond donors (Lipinski definition) is 3. The number of aliphatic hydroxyl groups excluding tert-OH is 1. The largest absolute Gasteiger partial charge is 0.396 e. The quantitative estimate of drug-likeness (QED) is 0.472. The van der Waals surface area contributed by atoms with Crippen LogP contribution < -0.4 is 10.6 Å². The Balaban J connectivity index is 3.00. The molecule has 1 unspecified atom stereocenters. The average molecular weight is 297 g/mol. The maximum Gasteiger partial charge on any atom is 0.332 e. The number of nitro groups is 1. The highest BCUT2D eigenvalue weighted by Crippen LogP contribution is 2.27. The van der Waals surface area contributed by atoms with Gasteiger partial charge in [-0.25, -0.2) is 4.98 Å². The molecule has 0 fully saturated rings. The van der Waals surface area contributed by atoms with Gasteiger partial charge in [0, 0.05) is 19.2 Å². The van der Waals surface area contributed by atoms with Crippen molar-refractivity contribution in [1.29, 1.82) is 0 Å². The van der Waals surface area contributed by atoms with E-state index >= 15 is 0 Å². The zero-order valence-electron chi connectivity index (χ0n) is 12.7. The Bertz CT molecular complexity index is 481. The Labute approximate surface area is 124 Å². The van der Waals surface area contributed by atoms with E-state index in [2.05, 4.69) is 20.6 Å². The van der Waals surface area contributed by atoms with Gasteiger partial charge in [0.2, 0.25) is 11.8 Å². The molecule has 8 nitrogen and oxygen atoms in total. The molecule has 0 amide bonds. The van der Waals surface area contributed by atoms with Crippen LogP contribution in [0.1, 0.15) is 38.8 Å². The summed E-state index contributed by atoms with van der Waals surface area (Å²) in [6.45, 7) is 6.31. The van der Waals surface area contributed by atoms with Crippen LogP contribution in [0.3, 0.4) is 0 Å². The van der Waals surface area contributed by atoms with E-state index in [1.807, 2.05) is 13.8 Å². The highest BCUT2D eigenvalue weighted by atomic mass is 16.6. The molecular weight excluding hydrogens is 274 g/mol. The fourth-order valence-electron chi connectivity index (χ4n) is 1.91. The van der Waals surface area contributed by atoms with Crippen molar-refractivity contribution in [2.75, 3.05) is 23.8 Å². The minimum Gasteiger partial charge on any atom is -0.396 e. The Kier molecular flexibility index (Phi) is 6.80. The molecule has 8 heteroatoms. The van der Waals surface area contributed by atoms with E-state index in [1.54, 1.807) is 6.92 Å². The van der Waals surface area contributed by atoms with Gasteiger partial charge in [0.15, 0.2) is 0 Å². The van der Waals surface area contributed by atoms with Gasteiger partial charge in [-0.2, -0.15) is 4.98 Å². The van der Waals surface area contributed by atoms with Crippen LogP contribution in [0.25, 0.3) is 0 Å². The number of aliphatic hydroxyl groups is 1. The molecule has 1 rings (SSSR count). The fraction of sp³-hybridized carbons (Fsp3) is 0.692. The second-order valence-electron chi connectivity index (χ2n) is 4.92. The number of anilines is 2. The van der Waals surface area contributed by atoms with Crippen LogP contribution in [0, 0.1) is 17.0 Å². The molecule has 0 aliphatic heterocycles. The third-order valence-electron chi connectivity index (χ3n) is 2.95. The molecule has 1 aromatic heterocycles. The summed E-state index contributed by atoms with van der Waals surface area (Å²) in [4.78, 5) is 19.0. The summed E-state index contributed by atoms with van der Waals surface area (Å²) in [5, 5.41) is 26.1. The molecule has 0 radical (unpaired) electrons. The molecule has 0 saturated heterocycles. The molecule has 1 aromatic rings. The van der Waals surface area contributed by atoms with Crippen molar-refractivity contribution >= 4 is 17.5 Å². The smallest absolute Gasteiger partial charge is 0.332 e. The predicted molar refractivity (Wildman–Crippen MR) is 81.6 cm³/mol. The van der Waals surface area contributed by atoms with Crippen molar-refractivity contribution in [3.63, 3.8) is 0 Å². The molecule has 118 valence electrons. The van der Waals surface area contributed by atoms with Crippen molar-refractivity contribution in [3.8, 4) is 0 Å². The first-order chi connectivity index (χ1) is 9.99. The lowest BCUT2D eigenvalue weighted by molar-refractivity contribution is -0.385. The molecule has 0 aromatic carbocycles. The van der Waals surface area contributed by atoms with Crippen LogP contribution >= 0.6 is 0 Å². The Morgan fingerprint density at radius 3 is 2.71 bits per heavy atom. The predicted octanol–water partition coefficient (Wildman–Crippen LogP) is 2.09. The van der Waals surface area contributed by atoms with E-state index in [-0.39, 0.29) is 24.2 Å². The number of nitrogens with zero attached hydrogens (tertiary/aromatic N) is 3. The first kappa shape index (κ1) is 17.1. The number of aryl methyl sites for hydroxylation is 1. The maximum atomic E-state index is 11.2. The molecule has 1 atom stereocenters. The van der Waals surface area contributed by atoms with Gasteiger partial charge >= 0.3 is 5.69 Å². The van der Waals surface area contributed by atoms with Gasteiger partial charge in [0.25, 0.3) is 0 Å². The highest BCUT2D eigenvalue weighted by molar-refractivity contribution is 5.61. The van der Waals surface area contributed by atoms with Gasteiger partial charge < -0.3 is 15.7 Å². The number of rotatable bonds is 9. The van der Waals surface area contributed by atoms with Crippen LogP contribution in [0.4, 0.5) is 17.5 Å². The second kappa shape index (κ2) is 8.35. The lowest BCUT2D eigenvalue weighted by Gasteiger charge is -2.15. The van der Waals surface area contributed by atoms with Crippen LogP contribution in [0.5, 0.6) is 0 Å². The fourth-order valence-corrected chi connectivity index (χ4v) is 1.91. The van der Waals surface area contributed by atoms with Gasteiger partial charge in [-0.05, 0) is 33.1 Å². The molecule has 3 N–H and O–H groups in total. The molecule has 0 aliphatic rings. The van der Waals surface area contributed by atoms with Gasteiger partial charge in [0.1, 0.15) is 5.69 Å². The molecule has 0 saturated carbocycles. The van der Waals surface area contributed by atoms with Crippen molar-refractivity contribution in [2.45, 2.75) is 46.1 Å². The zero-order chi connectivity index (χ0) is 15.8. The van der Waals surface area contributed by atoms with E-state index < -0.39 is 4.92 Å². The zero-order valence-corrected chi connectivity index (χ0v) is 12.7. The van der Waals surface area contributed by atoms with E-state index in [9.17, 15) is 10.1 Å². The number of nitrogens with one attached hydrogen (secondary N) is 2. The van der Waals surface area contributed by atoms with Gasteiger partial charge in [-0.1, -0.05) is 6.92 Å². The summed E-state index contributed by atoms with van der Waals surface area (Å²) in [6.07, 6.45) is 2.25. The average Bonchev–Trinajstić information content (AvgIpc) is 2.42. The monoisotopic (exact) mass is 297 g/mol. The number of aromatic nitrogens is 2. The Morgan fingerprint density at radius 2 is 2.14 bits per heavy atom. The Hall–Kier alpha value is -1.96. The second-order valence-corrected chi connectivity index (χ2v) is 4.92. The van der Waals surface area contributed by atoms with Crippen molar-refractivity contribution in [1.82, 2.24) is 9.97 Å². The van der Waals surface area contributed by atoms with Gasteiger partial charge in [-0.15, -0.1) is 0 Å². The van der Waals surface area contributed by atoms with Crippen LogP contribution in [0.15, 0.2) is 0 Å². The van der Waals surface area contributed by atoms with E-state index in [1.165, 1.54) is 0 Å². The van der Waals surface area contributed by atoms with E-state index in [0.29, 0.717) is 31.0 Å². The van der Waals surface area contributed by atoms with E-state index in [4.69, 9.17) is 5.11 Å². The Morgan fingerprint density at radius 1 is 1.43 bits per heavy atom. The molecule has 1 heterocycles. The van der Waals surface area contributed by atoms with Crippen molar-refractivity contribution < 1.29 is 10.0 Å². The molecular formula is C13H23N5O3. The van der Waals surface area contributed by atoms with Crippen LogP contribution in [0.2, 0.25) is 0 Å². The molecule has 21 heavy (non-hydrogen) atoms. The summed E-state index contributed by atoms with van der Waals surface area (Å²) in [7, 11) is 0. The minimum atomic E-state index is -0.472. The third-order valence-corrected chi connectivity index (χ3v) is 2.95. The third kappa shape index (κ3) is 5.14. The number of hydrogen-bond acceptors (Lipinski definition) is 7. The first-order valence-electron chi connectivity index (χ1n) is 7.13. The highest BCUT2D eigenvalue weighted by Gasteiger charge is 2.23. The van der Waals surface area contributed by atoms with Crippen LogP contribution in [-0.4, -0.2) is 39.2 Å². The summed E-state index contributed by atoms with van der Waals surface area (Å²) in [6, 6.07) is -0.0239. The summed E-state index contributed by atoms with van der Waals surface area (Å²) >= 11 is 0. The SMILES string of the molecule is CCCNc1nc(C)c([N+](=O)[O-])c(NC(C)CCCO)n1.